The van der Waals surface area contributed by atoms with Crippen LogP contribution in [0.4, 0.5) is 5.82 Å². The second-order valence-corrected chi connectivity index (χ2v) is 2.88. The monoisotopic (exact) mass is 264 g/mol. The maximum absolute atomic E-state index is 10.4. The number of nitrogens with zero attached hydrogens (tertiary/aromatic N) is 5. The van der Waals surface area contributed by atoms with Gasteiger partial charge in [-0.25, -0.2) is 0 Å². The molecule has 11 nitrogen and oxygen atoms in total. The molecule has 0 aliphatic rings. The molecule has 12 heteroatoms. The Hall–Kier alpha value is -2.43. The lowest BCUT2D eigenvalue weighted by molar-refractivity contribution is -0.936. The highest BCUT2D eigenvalue weighted by Gasteiger charge is 2.47. The summed E-state index contributed by atoms with van der Waals surface area (Å²) in [6.07, 6.45) is -1.52. The minimum absolute atomic E-state index is 0.221. The maximum atomic E-state index is 10.4. The molecule has 1 aromatic heterocycles. The number of halogens is 1. The highest BCUT2D eigenvalue weighted by atomic mass is 35.5. The molecule has 0 radical (unpaired) electrons. The van der Waals surface area contributed by atoms with Gasteiger partial charge in [-0.3, -0.25) is 20.2 Å². The van der Waals surface area contributed by atoms with Gasteiger partial charge in [0.1, 0.15) is 20.6 Å². The second-order valence-electron chi connectivity index (χ2n) is 2.61. The molecule has 0 fully saturated rings. The van der Waals surface area contributed by atoms with Gasteiger partial charge in [0, 0.05) is 10.6 Å². The SMILES string of the molecule is O=[N+]([O-])[C-]([N+](=O)[O-])[n+]1n[c-]([N+](=O)[O-])cc1CCl. The highest BCUT2D eigenvalue weighted by molar-refractivity contribution is 6.16. The van der Waals surface area contributed by atoms with Crippen LogP contribution in [0.3, 0.4) is 0 Å². The normalized spacial score (nSPS) is 9.94. The summed E-state index contributed by atoms with van der Waals surface area (Å²) in [5.74, 6) is -1.16. The zero-order chi connectivity index (χ0) is 13.2. The first kappa shape index (κ1) is 12.6. The van der Waals surface area contributed by atoms with Gasteiger partial charge in [-0.15, -0.1) is 16.5 Å². The molecule has 0 bridgehead atoms. The molecule has 1 heterocycles. The second kappa shape index (κ2) is 4.61. The Morgan fingerprint density at radius 1 is 1.35 bits per heavy atom. The molecule has 17 heavy (non-hydrogen) atoms. The third-order valence-corrected chi connectivity index (χ3v) is 1.88. The number of hydrogen-bond donors (Lipinski definition) is 0. The first-order chi connectivity index (χ1) is 7.88. The van der Waals surface area contributed by atoms with Crippen LogP contribution in [0.5, 0.6) is 0 Å². The molecule has 0 aliphatic heterocycles. The van der Waals surface area contributed by atoms with Crippen LogP contribution in [0, 0.1) is 36.6 Å². The Morgan fingerprint density at radius 2 is 1.88 bits per heavy atom. The zero-order valence-corrected chi connectivity index (χ0v) is 8.60. The van der Waals surface area contributed by atoms with Crippen molar-refractivity contribution in [2.45, 2.75) is 5.88 Å². The van der Waals surface area contributed by atoms with Crippen molar-refractivity contribution >= 4 is 17.4 Å². The van der Waals surface area contributed by atoms with Crippen LogP contribution in [-0.2, 0) is 5.88 Å². The summed E-state index contributed by atoms with van der Waals surface area (Å²) < 4.78 is 0.227. The first-order valence-corrected chi connectivity index (χ1v) is 4.37. The van der Waals surface area contributed by atoms with E-state index in [0.717, 1.165) is 6.07 Å². The number of alkyl halides is 1. The lowest BCUT2D eigenvalue weighted by atomic mass is 10.4. The Balaban J connectivity index is 3.31. The van der Waals surface area contributed by atoms with E-state index in [2.05, 4.69) is 5.10 Å². The van der Waals surface area contributed by atoms with Crippen molar-refractivity contribution in [1.82, 2.24) is 5.10 Å². The predicted molar refractivity (Wildman–Crippen MR) is 48.9 cm³/mol. The molecule has 0 amide bonds. The van der Waals surface area contributed by atoms with Gasteiger partial charge in [-0.2, -0.15) is 0 Å². The van der Waals surface area contributed by atoms with Crippen molar-refractivity contribution in [3.8, 4) is 0 Å². The first-order valence-electron chi connectivity index (χ1n) is 3.84. The minimum Gasteiger partial charge on any atom is -0.376 e. The van der Waals surface area contributed by atoms with Gasteiger partial charge in [0.2, 0.25) is 0 Å². The molecule has 0 unspecified atom stereocenters. The van der Waals surface area contributed by atoms with Crippen molar-refractivity contribution in [1.29, 1.82) is 0 Å². The van der Waals surface area contributed by atoms with Crippen LogP contribution in [0.25, 0.3) is 0 Å². The smallest absolute Gasteiger partial charge is 0.376 e. The molecule has 0 N–H and O–H groups in total. The van der Waals surface area contributed by atoms with Crippen molar-refractivity contribution in [3.05, 3.63) is 48.4 Å². The van der Waals surface area contributed by atoms with Crippen LogP contribution in [0.1, 0.15) is 5.69 Å². The molecule has 0 saturated heterocycles. The molecule has 0 aromatic carbocycles. The van der Waals surface area contributed by atoms with Crippen molar-refractivity contribution in [2.75, 3.05) is 0 Å². The van der Waals surface area contributed by atoms with Gasteiger partial charge in [-0.05, 0) is 0 Å². The Morgan fingerprint density at radius 3 is 2.24 bits per heavy atom. The quantitative estimate of drug-likeness (QED) is 0.231. The summed E-state index contributed by atoms with van der Waals surface area (Å²) in [5.41, 5.74) is -0.221. The van der Waals surface area contributed by atoms with E-state index in [4.69, 9.17) is 11.6 Å². The Kier molecular flexibility index (Phi) is 3.43. The molecule has 1 aromatic rings. The molecule has 1 rings (SSSR count). The molecule has 0 aliphatic carbocycles. The Bertz CT molecular complexity index is 471. The number of aromatic nitrogens is 2. The molecule has 0 saturated carbocycles. The van der Waals surface area contributed by atoms with Crippen LogP contribution < -0.4 is 4.68 Å². The summed E-state index contributed by atoms with van der Waals surface area (Å²) in [6.45, 7) is 0. The standard InChI is InChI=1S/C5H3ClN5O6/c6-2-3-1-4(9(12)13)7-8(3)5(10(14)15)11(16)17/h1H,2H2/q-1. The average Bonchev–Trinajstić information content (AvgIpc) is 2.60. The van der Waals surface area contributed by atoms with Gasteiger partial charge >= 0.3 is 6.29 Å². The van der Waals surface area contributed by atoms with E-state index in [0.29, 0.717) is 0 Å². The van der Waals surface area contributed by atoms with Crippen molar-refractivity contribution in [3.63, 3.8) is 0 Å². The minimum atomic E-state index is -1.52. The van der Waals surface area contributed by atoms with Crippen molar-refractivity contribution < 1.29 is 19.5 Å². The van der Waals surface area contributed by atoms with E-state index in [9.17, 15) is 30.3 Å². The summed E-state index contributed by atoms with van der Waals surface area (Å²) in [4.78, 5) is 27.7. The van der Waals surface area contributed by atoms with Crippen LogP contribution in [-0.4, -0.2) is 19.9 Å². The predicted octanol–water partition coefficient (Wildman–Crippen LogP) is -0.417. The van der Waals surface area contributed by atoms with Gasteiger partial charge in [0.05, 0.1) is 0 Å². The van der Waals surface area contributed by atoms with E-state index < -0.39 is 32.8 Å². The fourth-order valence-corrected chi connectivity index (χ4v) is 1.17. The number of nitro groups is 3. The van der Waals surface area contributed by atoms with Crippen molar-refractivity contribution in [2.24, 2.45) is 0 Å². The van der Waals surface area contributed by atoms with Crippen LogP contribution in [0.2, 0.25) is 0 Å². The summed E-state index contributed by atoms with van der Waals surface area (Å²) in [6, 6.07) is 0.819. The molecule has 92 valence electrons. The number of rotatable bonds is 5. The van der Waals surface area contributed by atoms with Gasteiger partial charge in [0.15, 0.2) is 0 Å². The van der Waals surface area contributed by atoms with E-state index in [-0.39, 0.29) is 10.4 Å². The zero-order valence-electron chi connectivity index (χ0n) is 7.85. The maximum Gasteiger partial charge on any atom is 0.715 e. The van der Waals surface area contributed by atoms with Gasteiger partial charge in [0.25, 0.3) is 5.82 Å². The fourth-order valence-electron chi connectivity index (χ4n) is 0.985. The number of hydrogen-bond acceptors (Lipinski definition) is 7. The van der Waals surface area contributed by atoms with E-state index in [1.165, 1.54) is 0 Å². The summed E-state index contributed by atoms with van der Waals surface area (Å²) in [7, 11) is 0. The highest BCUT2D eigenvalue weighted by Crippen LogP contribution is 2.11. The lowest BCUT2D eigenvalue weighted by Gasteiger charge is -1.96. The summed E-state index contributed by atoms with van der Waals surface area (Å²) in [5, 5.41) is 34.4. The molecule has 0 atom stereocenters. The van der Waals surface area contributed by atoms with Crippen LogP contribution >= 0.6 is 11.6 Å². The lowest BCUT2D eigenvalue weighted by Crippen LogP contribution is -2.52. The third-order valence-electron chi connectivity index (χ3n) is 1.61. The Labute approximate surface area is 97.0 Å². The third kappa shape index (κ3) is 2.39. The summed E-state index contributed by atoms with van der Waals surface area (Å²) >= 11 is 5.36. The van der Waals surface area contributed by atoms with Gasteiger partial charge in [-0.1, -0.05) is 6.07 Å². The fraction of sp³-hybridized carbons (Fsp3) is 0.200. The average molecular weight is 265 g/mol. The molecule has 0 spiro atoms. The topological polar surface area (TPSA) is 146 Å². The van der Waals surface area contributed by atoms with Gasteiger partial charge < -0.3 is 10.1 Å². The van der Waals surface area contributed by atoms with E-state index >= 15 is 0 Å². The van der Waals surface area contributed by atoms with E-state index in [1.807, 2.05) is 0 Å². The van der Waals surface area contributed by atoms with Crippen LogP contribution in [0.15, 0.2) is 6.07 Å². The molecular formula is C5H3ClN5O6-. The molecular weight excluding hydrogens is 262 g/mol. The van der Waals surface area contributed by atoms with E-state index in [1.54, 1.807) is 0 Å². The largest absolute Gasteiger partial charge is 0.715 e.